The van der Waals surface area contributed by atoms with Crippen LogP contribution in [0.1, 0.15) is 23.2 Å². The van der Waals surface area contributed by atoms with E-state index in [2.05, 4.69) is 10.3 Å². The van der Waals surface area contributed by atoms with E-state index < -0.39 is 0 Å². The normalized spacial score (nSPS) is 22.3. The number of likely N-dealkylation sites (tertiary alicyclic amines) is 1. The first-order chi connectivity index (χ1) is 11.3. The average Bonchev–Trinajstić information content (AvgIpc) is 3.24. The lowest BCUT2D eigenvalue weighted by atomic mass is 9.92. The molecule has 2 fully saturated rings. The first-order valence-corrected chi connectivity index (χ1v) is 8.30. The Balaban J connectivity index is 0.00000113. The molecule has 1 aromatic carbocycles. The van der Waals surface area contributed by atoms with Crippen LogP contribution < -0.4 is 5.32 Å². The van der Waals surface area contributed by atoms with Crippen LogP contribution in [-0.4, -0.2) is 42.0 Å². The van der Waals surface area contributed by atoms with Gasteiger partial charge in [0, 0.05) is 24.2 Å². The zero-order valence-corrected chi connectivity index (χ0v) is 15.5. The molecule has 0 bridgehead atoms. The Bertz CT molecular complexity index is 662. The van der Waals surface area contributed by atoms with Crippen molar-refractivity contribution in [2.24, 2.45) is 11.8 Å². The smallest absolute Gasteiger partial charge is 0.253 e. The second-order valence-corrected chi connectivity index (χ2v) is 6.49. The Morgan fingerprint density at radius 1 is 1.08 bits per heavy atom. The van der Waals surface area contributed by atoms with Gasteiger partial charge in [-0.15, -0.1) is 24.8 Å². The molecule has 0 radical (unpaired) electrons. The molecular formula is C18H23Cl2N3O2. The second kappa shape index (κ2) is 8.70. The van der Waals surface area contributed by atoms with E-state index in [9.17, 15) is 4.79 Å². The number of halogens is 2. The number of rotatable bonds is 2. The van der Waals surface area contributed by atoms with E-state index in [4.69, 9.17) is 4.42 Å². The molecule has 1 aromatic heterocycles. The minimum absolute atomic E-state index is 0. The number of hydrogen-bond acceptors (Lipinski definition) is 4. The van der Waals surface area contributed by atoms with Crippen LogP contribution in [0.4, 0.5) is 0 Å². The SMILES string of the molecule is Cl.Cl.O=C(c1ccc(-c2cnco2)cc1)N1CC[C@@H]2CNC[C@@H]2CC1. The summed E-state index contributed by atoms with van der Waals surface area (Å²) in [5.74, 6) is 2.34. The molecule has 0 unspecified atom stereocenters. The summed E-state index contributed by atoms with van der Waals surface area (Å²) in [6.45, 7) is 3.95. The largest absolute Gasteiger partial charge is 0.444 e. The van der Waals surface area contributed by atoms with Gasteiger partial charge in [-0.3, -0.25) is 4.79 Å². The molecule has 3 heterocycles. The van der Waals surface area contributed by atoms with Crippen molar-refractivity contribution in [2.45, 2.75) is 12.8 Å². The van der Waals surface area contributed by atoms with Crippen molar-refractivity contribution in [3.8, 4) is 11.3 Å². The Hall–Kier alpha value is -1.56. The predicted molar refractivity (Wildman–Crippen MR) is 101 cm³/mol. The van der Waals surface area contributed by atoms with Gasteiger partial charge in [-0.25, -0.2) is 4.98 Å². The summed E-state index contributed by atoms with van der Waals surface area (Å²) in [6.07, 6.45) is 5.31. The van der Waals surface area contributed by atoms with Crippen LogP contribution in [-0.2, 0) is 0 Å². The minimum Gasteiger partial charge on any atom is -0.444 e. The number of carbonyl (C=O) groups is 1. The van der Waals surface area contributed by atoms with Crippen LogP contribution in [0, 0.1) is 11.8 Å². The van der Waals surface area contributed by atoms with Crippen molar-refractivity contribution in [3.05, 3.63) is 42.4 Å². The molecule has 5 nitrogen and oxygen atoms in total. The van der Waals surface area contributed by atoms with Gasteiger partial charge in [-0.1, -0.05) is 12.1 Å². The summed E-state index contributed by atoms with van der Waals surface area (Å²) in [4.78, 5) is 18.7. The molecule has 2 aromatic rings. The van der Waals surface area contributed by atoms with E-state index in [-0.39, 0.29) is 30.7 Å². The van der Waals surface area contributed by atoms with Gasteiger partial charge >= 0.3 is 0 Å². The molecule has 1 amide bonds. The number of amides is 1. The fourth-order valence-electron chi connectivity index (χ4n) is 3.74. The van der Waals surface area contributed by atoms with E-state index in [0.717, 1.165) is 67.7 Å². The summed E-state index contributed by atoms with van der Waals surface area (Å²) in [6, 6.07) is 7.61. The van der Waals surface area contributed by atoms with Gasteiger partial charge in [0.1, 0.15) is 0 Å². The van der Waals surface area contributed by atoms with Crippen molar-refractivity contribution in [1.82, 2.24) is 15.2 Å². The van der Waals surface area contributed by atoms with Gasteiger partial charge in [0.05, 0.1) is 6.20 Å². The van der Waals surface area contributed by atoms with Crippen LogP contribution in [0.5, 0.6) is 0 Å². The lowest BCUT2D eigenvalue weighted by molar-refractivity contribution is 0.0758. The number of carbonyl (C=O) groups excluding carboxylic acids is 1. The number of hydrogen-bond donors (Lipinski definition) is 1. The fourth-order valence-corrected chi connectivity index (χ4v) is 3.74. The summed E-state index contributed by atoms with van der Waals surface area (Å²) in [7, 11) is 0. The van der Waals surface area contributed by atoms with Crippen molar-refractivity contribution in [3.63, 3.8) is 0 Å². The molecule has 136 valence electrons. The van der Waals surface area contributed by atoms with Gasteiger partial charge in [0.2, 0.25) is 0 Å². The molecule has 2 aliphatic rings. The highest BCUT2D eigenvalue weighted by Gasteiger charge is 2.31. The molecule has 4 rings (SSSR count). The summed E-state index contributed by atoms with van der Waals surface area (Å²) < 4.78 is 5.28. The van der Waals surface area contributed by atoms with E-state index in [0.29, 0.717) is 0 Å². The lowest BCUT2D eigenvalue weighted by Crippen LogP contribution is -2.32. The van der Waals surface area contributed by atoms with Gasteiger partial charge in [0.15, 0.2) is 12.2 Å². The molecule has 0 spiro atoms. The molecular weight excluding hydrogens is 361 g/mol. The van der Waals surface area contributed by atoms with Crippen LogP contribution in [0.15, 0.2) is 41.3 Å². The number of oxazole rings is 1. The highest BCUT2D eigenvalue weighted by molar-refractivity contribution is 5.94. The molecule has 0 aliphatic carbocycles. The van der Waals surface area contributed by atoms with Crippen molar-refractivity contribution >= 4 is 30.7 Å². The Morgan fingerprint density at radius 2 is 1.72 bits per heavy atom. The molecule has 0 saturated carbocycles. The standard InChI is InChI=1S/C18H21N3O2.2ClH/c22-18(21-7-5-15-9-19-10-16(15)6-8-21)14-3-1-13(2-4-14)17-11-20-12-23-17;;/h1-4,11-12,15-16,19H,5-10H2;2*1H/t15-,16+;;. The van der Waals surface area contributed by atoms with Gasteiger partial charge in [-0.2, -0.15) is 0 Å². The van der Waals surface area contributed by atoms with Crippen LogP contribution >= 0.6 is 24.8 Å². The van der Waals surface area contributed by atoms with Gasteiger partial charge in [-0.05, 0) is 49.9 Å². The summed E-state index contributed by atoms with van der Waals surface area (Å²) >= 11 is 0. The highest BCUT2D eigenvalue weighted by atomic mass is 35.5. The third-order valence-electron chi connectivity index (χ3n) is 5.16. The monoisotopic (exact) mass is 383 g/mol. The van der Waals surface area contributed by atoms with E-state index in [1.54, 1.807) is 6.20 Å². The molecule has 2 atom stereocenters. The molecule has 2 aliphatic heterocycles. The Kier molecular flexibility index (Phi) is 6.87. The van der Waals surface area contributed by atoms with E-state index >= 15 is 0 Å². The zero-order chi connectivity index (χ0) is 15.6. The van der Waals surface area contributed by atoms with E-state index in [1.807, 2.05) is 29.2 Å². The first kappa shape index (κ1) is 19.8. The van der Waals surface area contributed by atoms with Crippen LogP contribution in [0.3, 0.4) is 0 Å². The van der Waals surface area contributed by atoms with Crippen LogP contribution in [0.25, 0.3) is 11.3 Å². The summed E-state index contributed by atoms with van der Waals surface area (Å²) in [5.41, 5.74) is 1.69. The molecule has 2 saturated heterocycles. The van der Waals surface area contributed by atoms with Crippen LogP contribution in [0.2, 0.25) is 0 Å². The number of nitrogens with one attached hydrogen (secondary N) is 1. The Morgan fingerprint density at radius 3 is 2.28 bits per heavy atom. The van der Waals surface area contributed by atoms with Gasteiger partial charge < -0.3 is 14.6 Å². The quantitative estimate of drug-likeness (QED) is 0.864. The third kappa shape index (κ3) is 4.17. The number of aromatic nitrogens is 1. The zero-order valence-electron chi connectivity index (χ0n) is 13.9. The number of fused-ring (bicyclic) bond motifs is 1. The average molecular weight is 384 g/mol. The topological polar surface area (TPSA) is 58.4 Å². The van der Waals surface area contributed by atoms with E-state index in [1.165, 1.54) is 6.39 Å². The minimum atomic E-state index is 0. The number of nitrogens with zero attached hydrogens (tertiary/aromatic N) is 2. The maximum Gasteiger partial charge on any atom is 0.253 e. The van der Waals surface area contributed by atoms with Gasteiger partial charge in [0.25, 0.3) is 5.91 Å². The fraction of sp³-hybridized carbons (Fsp3) is 0.444. The second-order valence-electron chi connectivity index (χ2n) is 6.49. The molecule has 25 heavy (non-hydrogen) atoms. The summed E-state index contributed by atoms with van der Waals surface area (Å²) in [5, 5.41) is 3.47. The lowest BCUT2D eigenvalue weighted by Gasteiger charge is -2.21. The Labute approximate surface area is 160 Å². The maximum atomic E-state index is 12.7. The molecule has 7 heteroatoms. The van der Waals surface area contributed by atoms with Crippen molar-refractivity contribution in [1.29, 1.82) is 0 Å². The van der Waals surface area contributed by atoms with Crippen molar-refractivity contribution in [2.75, 3.05) is 26.2 Å². The highest BCUT2D eigenvalue weighted by Crippen LogP contribution is 2.28. The first-order valence-electron chi connectivity index (χ1n) is 8.30. The third-order valence-corrected chi connectivity index (χ3v) is 5.16. The number of benzene rings is 1. The predicted octanol–water partition coefficient (Wildman–Crippen LogP) is 3.26. The maximum absolute atomic E-state index is 12.7. The van der Waals surface area contributed by atoms with Crippen molar-refractivity contribution < 1.29 is 9.21 Å². The molecule has 1 N–H and O–H groups in total.